The smallest absolute Gasteiger partial charge is 0.191 e. The third-order valence-electron chi connectivity index (χ3n) is 2.74. The van der Waals surface area contributed by atoms with Crippen LogP contribution >= 0.6 is 0 Å². The van der Waals surface area contributed by atoms with Gasteiger partial charge in [0.05, 0.1) is 12.2 Å². The van der Waals surface area contributed by atoms with Crippen LogP contribution < -0.4 is 10.6 Å². The molecule has 0 radical (unpaired) electrons. The highest BCUT2D eigenvalue weighted by atomic mass is 15.3. The largest absolute Gasteiger partial charge is 0.357 e. The van der Waals surface area contributed by atoms with Crippen LogP contribution in [0, 0.1) is 13.8 Å². The summed E-state index contributed by atoms with van der Waals surface area (Å²) >= 11 is 0. The number of hydrogen-bond donors (Lipinski definition) is 2. The van der Waals surface area contributed by atoms with E-state index in [1.807, 2.05) is 18.7 Å². The second-order valence-electron chi connectivity index (χ2n) is 4.00. The molecule has 0 spiro atoms. The van der Waals surface area contributed by atoms with Gasteiger partial charge in [-0.1, -0.05) is 0 Å². The molecule has 0 aliphatic rings. The van der Waals surface area contributed by atoms with Crippen molar-refractivity contribution in [3.8, 4) is 0 Å². The Morgan fingerprint density at radius 2 is 1.82 bits per heavy atom. The van der Waals surface area contributed by atoms with E-state index < -0.39 is 0 Å². The van der Waals surface area contributed by atoms with Gasteiger partial charge in [0.2, 0.25) is 0 Å². The summed E-state index contributed by atoms with van der Waals surface area (Å²) in [6.45, 7) is 10.6. The zero-order chi connectivity index (χ0) is 12.8. The predicted octanol–water partition coefficient (Wildman–Crippen LogP) is 1.11. The third-order valence-corrected chi connectivity index (χ3v) is 2.74. The summed E-state index contributed by atoms with van der Waals surface area (Å²) in [5.74, 6) is 0.859. The Kier molecular flexibility index (Phi) is 5.00. The highest BCUT2D eigenvalue weighted by Crippen LogP contribution is 2.12. The molecule has 0 saturated carbocycles. The molecule has 0 unspecified atom stereocenters. The Bertz CT molecular complexity index is 384. The molecule has 0 aliphatic carbocycles. The van der Waals surface area contributed by atoms with Gasteiger partial charge in [-0.05, 0) is 27.7 Å². The van der Waals surface area contributed by atoms with Crippen LogP contribution in [-0.4, -0.2) is 28.8 Å². The van der Waals surface area contributed by atoms with Crippen LogP contribution in [0.1, 0.15) is 30.8 Å². The lowest BCUT2D eigenvalue weighted by Crippen LogP contribution is -2.37. The summed E-state index contributed by atoms with van der Waals surface area (Å²) in [4.78, 5) is 4.55. The van der Waals surface area contributed by atoms with E-state index in [-0.39, 0.29) is 0 Å². The molecule has 0 atom stereocenters. The Hall–Kier alpha value is -1.52. The molecule has 0 fully saturated rings. The summed E-state index contributed by atoms with van der Waals surface area (Å²) in [5, 5.41) is 10.8. The summed E-state index contributed by atoms with van der Waals surface area (Å²) < 4.78 is 1.90. The number of aryl methyl sites for hydroxylation is 2. The molecule has 17 heavy (non-hydrogen) atoms. The molecule has 1 aromatic rings. The molecule has 0 aromatic carbocycles. The van der Waals surface area contributed by atoms with E-state index in [1.165, 1.54) is 11.3 Å². The molecule has 0 bridgehead atoms. The van der Waals surface area contributed by atoms with Gasteiger partial charge in [-0.25, -0.2) is 4.99 Å². The van der Waals surface area contributed by atoms with E-state index in [9.17, 15) is 0 Å². The van der Waals surface area contributed by atoms with E-state index in [1.54, 1.807) is 0 Å². The van der Waals surface area contributed by atoms with Crippen molar-refractivity contribution in [2.24, 2.45) is 12.0 Å². The first-order chi connectivity index (χ1) is 8.10. The second-order valence-corrected chi connectivity index (χ2v) is 4.00. The summed E-state index contributed by atoms with van der Waals surface area (Å²) in [7, 11) is 1.96. The van der Waals surface area contributed by atoms with Gasteiger partial charge in [0, 0.05) is 31.4 Å². The lowest BCUT2D eigenvalue weighted by molar-refractivity contribution is 0.730. The number of nitrogens with zero attached hydrogens (tertiary/aromatic N) is 3. The summed E-state index contributed by atoms with van der Waals surface area (Å²) in [6, 6.07) is 0. The van der Waals surface area contributed by atoms with Crippen molar-refractivity contribution in [2.75, 3.05) is 13.1 Å². The van der Waals surface area contributed by atoms with Gasteiger partial charge < -0.3 is 10.6 Å². The standard InChI is InChI=1S/C12H23N5/c1-6-13-12(14-7-2)15-8-11-9(3)16-17(5)10(11)4/h6-8H2,1-5H3,(H2,13,14,15). The number of rotatable bonds is 4. The Morgan fingerprint density at radius 3 is 2.24 bits per heavy atom. The van der Waals surface area contributed by atoms with Crippen molar-refractivity contribution in [3.63, 3.8) is 0 Å². The van der Waals surface area contributed by atoms with Crippen molar-refractivity contribution in [1.82, 2.24) is 20.4 Å². The van der Waals surface area contributed by atoms with Crippen LogP contribution in [0.2, 0.25) is 0 Å². The molecule has 5 nitrogen and oxygen atoms in total. The minimum atomic E-state index is 0.668. The molecular weight excluding hydrogens is 214 g/mol. The molecular formula is C12H23N5. The maximum absolute atomic E-state index is 4.55. The fraction of sp³-hybridized carbons (Fsp3) is 0.667. The molecule has 2 N–H and O–H groups in total. The van der Waals surface area contributed by atoms with Gasteiger partial charge in [0.1, 0.15) is 0 Å². The van der Waals surface area contributed by atoms with Crippen LogP contribution in [0.5, 0.6) is 0 Å². The molecule has 96 valence electrons. The molecule has 0 amide bonds. The highest BCUT2D eigenvalue weighted by Gasteiger charge is 2.08. The van der Waals surface area contributed by atoms with Gasteiger partial charge in [-0.15, -0.1) is 0 Å². The van der Waals surface area contributed by atoms with Gasteiger partial charge in [0.25, 0.3) is 0 Å². The summed E-state index contributed by atoms with van der Waals surface area (Å²) in [6.07, 6.45) is 0. The highest BCUT2D eigenvalue weighted by molar-refractivity contribution is 5.79. The fourth-order valence-electron chi connectivity index (χ4n) is 1.71. The minimum absolute atomic E-state index is 0.668. The maximum Gasteiger partial charge on any atom is 0.191 e. The van der Waals surface area contributed by atoms with Crippen LogP contribution in [0.4, 0.5) is 0 Å². The molecule has 1 rings (SSSR count). The van der Waals surface area contributed by atoms with Crippen LogP contribution in [0.3, 0.4) is 0 Å². The number of aromatic nitrogens is 2. The lowest BCUT2D eigenvalue weighted by atomic mass is 10.2. The predicted molar refractivity (Wildman–Crippen MR) is 71.2 cm³/mol. The molecule has 5 heteroatoms. The van der Waals surface area contributed by atoms with Gasteiger partial charge in [-0.3, -0.25) is 4.68 Å². The van der Waals surface area contributed by atoms with Crippen LogP contribution in [0.15, 0.2) is 4.99 Å². The van der Waals surface area contributed by atoms with Gasteiger partial charge >= 0.3 is 0 Å². The van der Waals surface area contributed by atoms with Gasteiger partial charge in [0.15, 0.2) is 5.96 Å². The zero-order valence-corrected chi connectivity index (χ0v) is 11.5. The maximum atomic E-state index is 4.55. The quantitative estimate of drug-likeness (QED) is 0.609. The first kappa shape index (κ1) is 13.5. The van der Waals surface area contributed by atoms with Crippen LogP contribution in [-0.2, 0) is 13.6 Å². The van der Waals surface area contributed by atoms with E-state index in [0.29, 0.717) is 6.54 Å². The van der Waals surface area contributed by atoms with Crippen molar-refractivity contribution < 1.29 is 0 Å². The lowest BCUT2D eigenvalue weighted by Gasteiger charge is -2.09. The average Bonchev–Trinajstić information content (AvgIpc) is 2.51. The number of guanidine groups is 1. The Balaban J connectivity index is 2.78. The number of aliphatic imine (C=N–C) groups is 1. The Labute approximate surface area is 103 Å². The topological polar surface area (TPSA) is 54.2 Å². The van der Waals surface area contributed by atoms with Crippen molar-refractivity contribution in [3.05, 3.63) is 17.0 Å². The normalized spacial score (nSPS) is 10.2. The minimum Gasteiger partial charge on any atom is -0.357 e. The van der Waals surface area contributed by atoms with E-state index in [2.05, 4.69) is 41.5 Å². The van der Waals surface area contributed by atoms with E-state index in [0.717, 1.165) is 24.7 Å². The van der Waals surface area contributed by atoms with Crippen molar-refractivity contribution in [1.29, 1.82) is 0 Å². The third kappa shape index (κ3) is 3.47. The van der Waals surface area contributed by atoms with Gasteiger partial charge in [-0.2, -0.15) is 5.10 Å². The SMILES string of the molecule is CCNC(=NCc1c(C)nn(C)c1C)NCC. The monoisotopic (exact) mass is 237 g/mol. The zero-order valence-electron chi connectivity index (χ0n) is 11.5. The Morgan fingerprint density at radius 1 is 1.24 bits per heavy atom. The first-order valence-electron chi connectivity index (χ1n) is 6.11. The molecule has 0 aliphatic heterocycles. The fourth-order valence-corrected chi connectivity index (χ4v) is 1.71. The summed E-state index contributed by atoms with van der Waals surface area (Å²) in [5.41, 5.74) is 3.44. The average molecular weight is 237 g/mol. The number of hydrogen-bond acceptors (Lipinski definition) is 2. The van der Waals surface area contributed by atoms with Crippen molar-refractivity contribution in [2.45, 2.75) is 34.2 Å². The molecule has 1 heterocycles. The van der Waals surface area contributed by atoms with E-state index in [4.69, 9.17) is 0 Å². The second kappa shape index (κ2) is 6.27. The molecule has 1 aromatic heterocycles. The van der Waals surface area contributed by atoms with Crippen molar-refractivity contribution >= 4 is 5.96 Å². The van der Waals surface area contributed by atoms with Crippen LogP contribution in [0.25, 0.3) is 0 Å². The van der Waals surface area contributed by atoms with E-state index >= 15 is 0 Å². The first-order valence-corrected chi connectivity index (χ1v) is 6.11. The number of nitrogens with one attached hydrogen (secondary N) is 2. The molecule has 0 saturated heterocycles.